The van der Waals surface area contributed by atoms with Crippen molar-refractivity contribution in [2.45, 2.75) is 4.90 Å². The lowest BCUT2D eigenvalue weighted by Gasteiger charge is -2.10. The van der Waals surface area contributed by atoms with Crippen LogP contribution in [0.2, 0.25) is 0 Å². The molecule has 1 atom stereocenters. The van der Waals surface area contributed by atoms with Crippen LogP contribution in [0.25, 0.3) is 33.4 Å². The predicted molar refractivity (Wildman–Crippen MR) is 138 cm³/mol. The first-order chi connectivity index (χ1) is 17.6. The van der Waals surface area contributed by atoms with Crippen LogP contribution in [0, 0.1) is 0 Å². The van der Waals surface area contributed by atoms with E-state index in [4.69, 9.17) is 13.9 Å². The van der Waals surface area contributed by atoms with Crippen molar-refractivity contribution in [3.63, 3.8) is 0 Å². The molecule has 1 aromatic heterocycles. The molecule has 2 N–H and O–H groups in total. The van der Waals surface area contributed by atoms with E-state index in [0.29, 0.717) is 27.6 Å². The summed E-state index contributed by atoms with van der Waals surface area (Å²) in [7, 11) is -1.56. The Balaban J connectivity index is 1.27. The molecule has 1 aliphatic heterocycles. The number of benzene rings is 4. The van der Waals surface area contributed by atoms with E-state index in [-0.39, 0.29) is 23.5 Å². The van der Waals surface area contributed by atoms with Crippen LogP contribution in [0.5, 0.6) is 17.2 Å². The summed E-state index contributed by atoms with van der Waals surface area (Å²) < 4.78 is 32.4. The largest absolute Gasteiger partial charge is 0.502 e. The highest BCUT2D eigenvalue weighted by Gasteiger charge is 2.20. The van der Waals surface area contributed by atoms with Crippen molar-refractivity contribution in [1.29, 1.82) is 0 Å². The molecule has 6 rings (SSSR count). The molecule has 2 heterocycles. The van der Waals surface area contributed by atoms with Crippen LogP contribution >= 0.6 is 0 Å². The average molecular weight is 498 g/mol. The maximum Gasteiger partial charge on any atom is 0.235 e. The van der Waals surface area contributed by atoms with Crippen LogP contribution in [-0.2, 0) is 11.0 Å². The number of hydrogen-bond acceptors (Lipinski definition) is 6. The predicted octanol–water partition coefficient (Wildman–Crippen LogP) is 5.70. The first kappa shape index (κ1) is 21.9. The fraction of sp³-hybridized carbons (Fsp3) is 0.0357. The number of ether oxygens (including phenoxy) is 2. The molecule has 0 saturated heterocycles. The second-order valence-electron chi connectivity index (χ2n) is 8.15. The molecule has 1 aliphatic rings. The third kappa shape index (κ3) is 3.97. The van der Waals surface area contributed by atoms with Crippen LogP contribution in [-0.4, -0.2) is 16.1 Å². The van der Waals surface area contributed by atoms with E-state index >= 15 is 0 Å². The van der Waals surface area contributed by atoms with Crippen molar-refractivity contribution in [1.82, 2.24) is 0 Å². The highest BCUT2D eigenvalue weighted by molar-refractivity contribution is 7.86. The van der Waals surface area contributed by atoms with Gasteiger partial charge in [0.15, 0.2) is 17.3 Å². The number of nitrogens with one attached hydrogen (secondary N) is 1. The van der Waals surface area contributed by atoms with Gasteiger partial charge in [-0.2, -0.15) is 0 Å². The second kappa shape index (κ2) is 8.90. The van der Waals surface area contributed by atoms with Crippen molar-refractivity contribution >= 4 is 27.6 Å². The van der Waals surface area contributed by atoms with Gasteiger partial charge in [-0.15, -0.1) is 0 Å². The Morgan fingerprint density at radius 1 is 0.778 bits per heavy atom. The minimum Gasteiger partial charge on any atom is -0.502 e. The number of aromatic hydroxyl groups is 1. The van der Waals surface area contributed by atoms with Gasteiger partial charge in [0, 0.05) is 11.3 Å². The molecule has 0 aliphatic carbocycles. The van der Waals surface area contributed by atoms with Gasteiger partial charge in [-0.1, -0.05) is 42.5 Å². The first-order valence-electron chi connectivity index (χ1n) is 11.1. The van der Waals surface area contributed by atoms with E-state index < -0.39 is 22.2 Å². The Hall–Kier alpha value is -4.56. The van der Waals surface area contributed by atoms with Crippen LogP contribution in [0.3, 0.4) is 0 Å². The van der Waals surface area contributed by atoms with E-state index in [9.17, 15) is 14.1 Å². The Morgan fingerprint density at radius 3 is 2.31 bits per heavy atom. The van der Waals surface area contributed by atoms with Crippen molar-refractivity contribution < 1.29 is 23.2 Å². The summed E-state index contributed by atoms with van der Waals surface area (Å²) in [5.74, 6) is 0.609. The fourth-order valence-electron chi connectivity index (χ4n) is 4.05. The molecular formula is C28H19NO6S. The maximum atomic E-state index is 13.0. The normalized spacial score (nSPS) is 13.0. The number of rotatable bonds is 5. The van der Waals surface area contributed by atoms with Gasteiger partial charge in [0.2, 0.25) is 18.0 Å². The summed E-state index contributed by atoms with van der Waals surface area (Å²) in [6.07, 6.45) is 0. The lowest BCUT2D eigenvalue weighted by Crippen LogP contribution is -2.07. The summed E-state index contributed by atoms with van der Waals surface area (Å²) in [6, 6.07) is 27.1. The zero-order valence-corrected chi connectivity index (χ0v) is 19.6. The van der Waals surface area contributed by atoms with Crippen molar-refractivity contribution in [2.24, 2.45) is 0 Å². The van der Waals surface area contributed by atoms with Gasteiger partial charge in [-0.05, 0) is 59.7 Å². The molecule has 1 unspecified atom stereocenters. The number of fused-ring (bicyclic) bond motifs is 2. The highest BCUT2D eigenvalue weighted by atomic mass is 32.2. The van der Waals surface area contributed by atoms with Crippen molar-refractivity contribution in [3.05, 3.63) is 101 Å². The van der Waals surface area contributed by atoms with Gasteiger partial charge in [-0.3, -0.25) is 4.79 Å². The molecule has 5 aromatic rings. The Kier molecular flexibility index (Phi) is 5.42. The van der Waals surface area contributed by atoms with Gasteiger partial charge in [0.05, 0.1) is 10.3 Å². The molecular weight excluding hydrogens is 478 g/mol. The Labute approximate surface area is 208 Å². The van der Waals surface area contributed by atoms with E-state index in [1.54, 1.807) is 42.5 Å². The monoisotopic (exact) mass is 497 g/mol. The Bertz CT molecular complexity index is 1680. The molecule has 0 spiro atoms. The van der Waals surface area contributed by atoms with Crippen LogP contribution < -0.4 is 19.6 Å². The Morgan fingerprint density at radius 2 is 1.50 bits per heavy atom. The second-order valence-corrected chi connectivity index (χ2v) is 9.36. The molecule has 178 valence electrons. The third-order valence-corrected chi connectivity index (χ3v) is 7.01. The summed E-state index contributed by atoms with van der Waals surface area (Å²) >= 11 is 0. The lowest BCUT2D eigenvalue weighted by atomic mass is 10.1. The minimum absolute atomic E-state index is 0.0357. The standard InChI is InChI=1S/C28H19NO6S/c30-26-22-15-20(29-36(32)21-10-6-18(7-11-21)17-4-2-1-3-5-17)9-13-23(22)35-28(27(26)31)19-8-12-24-25(14-19)34-16-33-24/h1-15,29,31H,16H2. The minimum atomic E-state index is -1.56. The topological polar surface area (TPSA) is 98.0 Å². The number of anilines is 1. The summed E-state index contributed by atoms with van der Waals surface area (Å²) in [5, 5.41) is 10.8. The SMILES string of the molecule is O=c1c(O)c(-c2ccc3c(c2)OCO3)oc2ccc(NS(=O)c3ccc(-c4ccccc4)cc3)cc12. The average Bonchev–Trinajstić information content (AvgIpc) is 3.39. The van der Waals surface area contributed by atoms with Crippen LogP contribution in [0.4, 0.5) is 5.69 Å². The van der Waals surface area contributed by atoms with Gasteiger partial charge >= 0.3 is 0 Å². The van der Waals surface area contributed by atoms with Crippen LogP contribution in [0.15, 0.2) is 105 Å². The van der Waals surface area contributed by atoms with E-state index in [0.717, 1.165) is 11.1 Å². The molecule has 0 radical (unpaired) electrons. The van der Waals surface area contributed by atoms with E-state index in [1.807, 2.05) is 42.5 Å². The number of hydrogen-bond donors (Lipinski definition) is 2. The van der Waals surface area contributed by atoms with Crippen molar-refractivity contribution in [2.75, 3.05) is 11.5 Å². The fourth-order valence-corrected chi connectivity index (χ4v) is 4.89. The van der Waals surface area contributed by atoms with E-state index in [1.165, 1.54) is 6.07 Å². The first-order valence-corrected chi connectivity index (χ1v) is 12.3. The summed E-state index contributed by atoms with van der Waals surface area (Å²) in [4.78, 5) is 13.6. The van der Waals surface area contributed by atoms with E-state index in [2.05, 4.69) is 4.72 Å². The highest BCUT2D eigenvalue weighted by Crippen LogP contribution is 2.38. The smallest absolute Gasteiger partial charge is 0.235 e. The van der Waals surface area contributed by atoms with Crippen molar-refractivity contribution in [3.8, 4) is 39.7 Å². The molecule has 0 saturated carbocycles. The molecule has 7 nitrogen and oxygen atoms in total. The summed E-state index contributed by atoms with van der Waals surface area (Å²) in [5.41, 5.74) is 2.73. The third-order valence-electron chi connectivity index (χ3n) is 5.89. The van der Waals surface area contributed by atoms with Crippen LogP contribution in [0.1, 0.15) is 0 Å². The van der Waals surface area contributed by atoms with Gasteiger partial charge < -0.3 is 23.7 Å². The quantitative estimate of drug-likeness (QED) is 0.323. The zero-order chi connectivity index (χ0) is 24.6. The van der Waals surface area contributed by atoms with Gasteiger partial charge in [-0.25, -0.2) is 4.21 Å². The molecule has 4 aromatic carbocycles. The van der Waals surface area contributed by atoms with Gasteiger partial charge in [0.25, 0.3) is 0 Å². The molecule has 0 amide bonds. The lowest BCUT2D eigenvalue weighted by molar-refractivity contribution is 0.174. The molecule has 0 bridgehead atoms. The zero-order valence-electron chi connectivity index (χ0n) is 18.8. The molecule has 0 fully saturated rings. The molecule has 36 heavy (non-hydrogen) atoms. The summed E-state index contributed by atoms with van der Waals surface area (Å²) in [6.45, 7) is 0.112. The molecule has 8 heteroatoms. The maximum absolute atomic E-state index is 13.0. The van der Waals surface area contributed by atoms with Gasteiger partial charge in [0.1, 0.15) is 16.6 Å².